The van der Waals surface area contributed by atoms with Crippen molar-refractivity contribution in [1.82, 2.24) is 0 Å². The zero-order valence-electron chi connectivity index (χ0n) is 11.2. The lowest BCUT2D eigenvalue weighted by atomic mass is 9.82. The number of hydrogen-bond donors (Lipinski definition) is 0. The van der Waals surface area contributed by atoms with Gasteiger partial charge in [0, 0.05) is 16.6 Å². The highest BCUT2D eigenvalue weighted by Crippen LogP contribution is 2.45. The van der Waals surface area contributed by atoms with Crippen LogP contribution >= 0.6 is 11.8 Å². The number of ether oxygens (including phenoxy) is 1. The maximum atomic E-state index is 12.2. The Bertz CT molecular complexity index is 472. The van der Waals surface area contributed by atoms with Gasteiger partial charge in [0.05, 0.1) is 7.11 Å². The lowest BCUT2D eigenvalue weighted by molar-refractivity contribution is -0.156. The van der Waals surface area contributed by atoms with Gasteiger partial charge in [-0.25, -0.2) is 0 Å². The first-order valence-electron chi connectivity index (χ1n) is 6.44. The third kappa shape index (κ3) is 2.54. The van der Waals surface area contributed by atoms with Gasteiger partial charge in [0.1, 0.15) is 5.41 Å². The molecular weight excluding hydrogens is 260 g/mol. The lowest BCUT2D eigenvalue weighted by Crippen LogP contribution is -2.43. The van der Waals surface area contributed by atoms with Crippen LogP contribution in [0.4, 0.5) is 0 Å². The third-order valence-electron chi connectivity index (χ3n) is 3.77. The number of carbonyl (C=O) groups is 2. The summed E-state index contributed by atoms with van der Waals surface area (Å²) in [4.78, 5) is 25.4. The highest BCUT2D eigenvalue weighted by Gasteiger charge is 2.53. The van der Waals surface area contributed by atoms with Crippen LogP contribution in [0.15, 0.2) is 35.2 Å². The van der Waals surface area contributed by atoms with Crippen LogP contribution in [-0.2, 0) is 14.3 Å². The fraction of sp³-hybridized carbons (Fsp3) is 0.467. The van der Waals surface area contributed by atoms with E-state index in [0.717, 1.165) is 11.3 Å². The fourth-order valence-corrected chi connectivity index (χ4v) is 3.96. The molecule has 0 N–H and O–H groups in total. The minimum atomic E-state index is -0.963. The summed E-state index contributed by atoms with van der Waals surface area (Å²) in [6.45, 7) is 1.94. The molecule has 3 nitrogen and oxygen atoms in total. The Kier molecular flexibility index (Phi) is 4.30. The van der Waals surface area contributed by atoms with Crippen LogP contribution in [0.1, 0.15) is 26.2 Å². The Labute approximate surface area is 117 Å². The molecule has 2 rings (SSSR count). The number of methoxy groups -OCH3 is 1. The van der Waals surface area contributed by atoms with Gasteiger partial charge in [-0.2, -0.15) is 0 Å². The van der Waals surface area contributed by atoms with Crippen LogP contribution in [0, 0.1) is 5.41 Å². The van der Waals surface area contributed by atoms with Gasteiger partial charge >= 0.3 is 5.97 Å². The highest BCUT2D eigenvalue weighted by molar-refractivity contribution is 8.00. The smallest absolute Gasteiger partial charge is 0.320 e. The number of benzene rings is 1. The summed E-state index contributed by atoms with van der Waals surface area (Å²) in [5.41, 5.74) is -0.963. The predicted molar refractivity (Wildman–Crippen MR) is 75.1 cm³/mol. The molecule has 0 aliphatic heterocycles. The third-order valence-corrected chi connectivity index (χ3v) is 5.07. The van der Waals surface area contributed by atoms with Crippen molar-refractivity contribution in [2.75, 3.05) is 7.11 Å². The molecule has 0 spiro atoms. The Balaban J connectivity index is 2.24. The SMILES string of the molecule is COC(=O)[C@@]1([C@H](C)Sc2ccccc2)CCCC1=O. The van der Waals surface area contributed by atoms with Crippen LogP contribution in [0.25, 0.3) is 0 Å². The zero-order chi connectivity index (χ0) is 13.9. The Morgan fingerprint density at radius 3 is 2.58 bits per heavy atom. The van der Waals surface area contributed by atoms with Crippen LogP contribution in [0.2, 0.25) is 0 Å². The quantitative estimate of drug-likeness (QED) is 0.482. The standard InChI is InChI=1S/C15H18O3S/c1-11(19-12-7-4-3-5-8-12)15(14(17)18-2)10-6-9-13(15)16/h3-5,7-8,11H,6,9-10H2,1-2H3/t11-,15+/m0/s1. The van der Waals surface area contributed by atoms with E-state index in [4.69, 9.17) is 4.74 Å². The monoisotopic (exact) mass is 278 g/mol. The first-order chi connectivity index (χ1) is 9.11. The highest BCUT2D eigenvalue weighted by atomic mass is 32.2. The molecule has 102 valence electrons. The molecule has 1 aromatic carbocycles. The Morgan fingerprint density at radius 1 is 1.37 bits per heavy atom. The van der Waals surface area contributed by atoms with E-state index in [1.807, 2.05) is 37.3 Å². The topological polar surface area (TPSA) is 43.4 Å². The van der Waals surface area contributed by atoms with Gasteiger partial charge in [-0.3, -0.25) is 9.59 Å². The maximum Gasteiger partial charge on any atom is 0.320 e. The Hall–Kier alpha value is -1.29. The van der Waals surface area contributed by atoms with Crippen molar-refractivity contribution in [2.24, 2.45) is 5.41 Å². The van der Waals surface area contributed by atoms with Crippen LogP contribution in [0.5, 0.6) is 0 Å². The maximum absolute atomic E-state index is 12.2. The van der Waals surface area contributed by atoms with Crippen molar-refractivity contribution >= 4 is 23.5 Å². The molecule has 1 fully saturated rings. The van der Waals surface area contributed by atoms with E-state index in [-0.39, 0.29) is 17.0 Å². The second kappa shape index (κ2) is 5.78. The van der Waals surface area contributed by atoms with Gasteiger partial charge in [-0.15, -0.1) is 11.8 Å². The summed E-state index contributed by atoms with van der Waals surface area (Å²) in [7, 11) is 1.36. The summed E-state index contributed by atoms with van der Waals surface area (Å²) in [5, 5.41) is -0.114. The number of esters is 1. The van der Waals surface area contributed by atoms with Crippen molar-refractivity contribution in [1.29, 1.82) is 0 Å². The normalized spacial score (nSPS) is 24.2. The van der Waals surface area contributed by atoms with Gasteiger partial charge in [0.2, 0.25) is 0 Å². The fourth-order valence-electron chi connectivity index (χ4n) is 2.69. The van der Waals surface area contributed by atoms with Crippen LogP contribution in [-0.4, -0.2) is 24.1 Å². The van der Waals surface area contributed by atoms with Gasteiger partial charge in [-0.05, 0) is 25.0 Å². The molecule has 0 heterocycles. The largest absolute Gasteiger partial charge is 0.468 e. The predicted octanol–water partition coefficient (Wildman–Crippen LogP) is 3.08. The molecule has 0 saturated heterocycles. The number of thioether (sulfide) groups is 1. The lowest BCUT2D eigenvalue weighted by Gasteiger charge is -2.30. The number of ketones is 1. The Morgan fingerprint density at radius 2 is 2.05 bits per heavy atom. The van der Waals surface area contributed by atoms with E-state index >= 15 is 0 Å². The molecule has 1 aromatic rings. The number of hydrogen-bond acceptors (Lipinski definition) is 4. The average molecular weight is 278 g/mol. The first-order valence-corrected chi connectivity index (χ1v) is 7.32. The molecule has 19 heavy (non-hydrogen) atoms. The summed E-state index contributed by atoms with van der Waals surface area (Å²) in [6.07, 6.45) is 1.85. The van der Waals surface area contributed by atoms with Crippen molar-refractivity contribution in [3.8, 4) is 0 Å². The van der Waals surface area contributed by atoms with Gasteiger partial charge in [-0.1, -0.05) is 25.1 Å². The summed E-state index contributed by atoms with van der Waals surface area (Å²) >= 11 is 1.57. The van der Waals surface area contributed by atoms with Crippen molar-refractivity contribution in [3.63, 3.8) is 0 Å². The minimum Gasteiger partial charge on any atom is -0.468 e. The summed E-state index contributed by atoms with van der Waals surface area (Å²) in [6, 6.07) is 9.84. The van der Waals surface area contributed by atoms with Crippen molar-refractivity contribution < 1.29 is 14.3 Å². The number of rotatable bonds is 4. The van der Waals surface area contributed by atoms with Crippen molar-refractivity contribution in [3.05, 3.63) is 30.3 Å². The molecule has 1 saturated carbocycles. The van der Waals surface area contributed by atoms with E-state index < -0.39 is 5.41 Å². The molecule has 0 radical (unpaired) electrons. The summed E-state index contributed by atoms with van der Waals surface area (Å²) in [5.74, 6) is -0.360. The van der Waals surface area contributed by atoms with E-state index in [1.165, 1.54) is 7.11 Å². The zero-order valence-corrected chi connectivity index (χ0v) is 12.0. The second-order valence-corrected chi connectivity index (χ2v) is 6.23. The molecular formula is C15H18O3S. The van der Waals surface area contributed by atoms with Crippen LogP contribution in [0.3, 0.4) is 0 Å². The van der Waals surface area contributed by atoms with E-state index in [2.05, 4.69) is 0 Å². The molecule has 0 aromatic heterocycles. The number of Topliss-reactive ketones (excluding diaryl/α,β-unsaturated/α-hetero) is 1. The minimum absolute atomic E-state index is 0.0234. The van der Waals surface area contributed by atoms with Crippen molar-refractivity contribution in [2.45, 2.75) is 36.3 Å². The number of carbonyl (C=O) groups excluding carboxylic acids is 2. The molecule has 1 aliphatic carbocycles. The van der Waals surface area contributed by atoms with Crippen LogP contribution < -0.4 is 0 Å². The second-order valence-electron chi connectivity index (χ2n) is 4.81. The molecule has 0 amide bonds. The van der Waals surface area contributed by atoms with Gasteiger partial charge in [0.15, 0.2) is 5.78 Å². The summed E-state index contributed by atoms with van der Waals surface area (Å²) < 4.78 is 4.89. The van der Waals surface area contributed by atoms with E-state index in [9.17, 15) is 9.59 Å². The molecule has 1 aliphatic rings. The first kappa shape index (κ1) is 14.1. The van der Waals surface area contributed by atoms with E-state index in [1.54, 1.807) is 11.8 Å². The molecule has 2 atom stereocenters. The average Bonchev–Trinajstić information content (AvgIpc) is 2.82. The van der Waals surface area contributed by atoms with E-state index in [0.29, 0.717) is 12.8 Å². The van der Waals surface area contributed by atoms with Gasteiger partial charge < -0.3 is 4.74 Å². The molecule has 0 unspecified atom stereocenters. The molecule has 0 bridgehead atoms. The van der Waals surface area contributed by atoms with Gasteiger partial charge in [0.25, 0.3) is 0 Å². The molecule has 4 heteroatoms.